The van der Waals surface area contributed by atoms with Gasteiger partial charge in [0.2, 0.25) is 0 Å². The van der Waals surface area contributed by atoms with Crippen molar-refractivity contribution in [2.24, 2.45) is 5.16 Å². The molecule has 0 aromatic heterocycles. The van der Waals surface area contributed by atoms with Gasteiger partial charge < -0.3 is 4.84 Å². The lowest BCUT2D eigenvalue weighted by Gasteiger charge is -2.10. The van der Waals surface area contributed by atoms with Crippen LogP contribution in [0, 0.1) is 20.8 Å². The van der Waals surface area contributed by atoms with Crippen molar-refractivity contribution in [2.75, 3.05) is 0 Å². The lowest BCUT2D eigenvalue weighted by Crippen LogP contribution is -2.18. The van der Waals surface area contributed by atoms with Crippen molar-refractivity contribution in [2.45, 2.75) is 40.2 Å². The lowest BCUT2D eigenvalue weighted by molar-refractivity contribution is -0.126. The molecule has 1 aromatic carbocycles. The van der Waals surface area contributed by atoms with E-state index in [-0.39, 0.29) is 5.78 Å². The summed E-state index contributed by atoms with van der Waals surface area (Å²) >= 11 is 0. The second-order valence-electron chi connectivity index (χ2n) is 4.72. The molecule has 1 aromatic rings. The van der Waals surface area contributed by atoms with Gasteiger partial charge in [-0.15, -0.1) is 0 Å². The molecule has 1 heterocycles. The highest BCUT2D eigenvalue weighted by atomic mass is 16.6. The Morgan fingerprint density at radius 2 is 1.88 bits per heavy atom. The third-order valence-electron chi connectivity index (χ3n) is 3.09. The van der Waals surface area contributed by atoms with Crippen LogP contribution >= 0.6 is 0 Å². The first-order valence-electron chi connectivity index (χ1n) is 5.80. The van der Waals surface area contributed by atoms with E-state index in [1.54, 1.807) is 0 Å². The Labute approximate surface area is 101 Å². The maximum Gasteiger partial charge on any atom is 0.190 e. The van der Waals surface area contributed by atoms with Gasteiger partial charge in [-0.25, -0.2) is 0 Å². The number of hydrogen-bond acceptors (Lipinski definition) is 3. The average Bonchev–Trinajstić information content (AvgIpc) is 2.65. The molecule has 1 atom stereocenters. The maximum absolute atomic E-state index is 11.2. The van der Waals surface area contributed by atoms with Crippen molar-refractivity contribution < 1.29 is 9.63 Å². The van der Waals surface area contributed by atoms with Crippen LogP contribution in [0.1, 0.15) is 35.6 Å². The summed E-state index contributed by atoms with van der Waals surface area (Å²) in [6.45, 7) is 7.75. The van der Waals surface area contributed by atoms with E-state index in [1.807, 2.05) is 0 Å². The summed E-state index contributed by atoms with van der Waals surface area (Å²) in [6, 6.07) is 4.26. The molecule has 0 spiro atoms. The number of Topliss-reactive ketones (excluding diaryl/α,β-unsaturated/α-hetero) is 1. The highest BCUT2D eigenvalue weighted by molar-refractivity contribution is 6.06. The van der Waals surface area contributed by atoms with Crippen LogP contribution in [0.15, 0.2) is 17.3 Å². The van der Waals surface area contributed by atoms with Crippen molar-refractivity contribution in [3.63, 3.8) is 0 Å². The second kappa shape index (κ2) is 4.32. The maximum atomic E-state index is 11.2. The summed E-state index contributed by atoms with van der Waals surface area (Å²) in [7, 11) is 0. The summed E-state index contributed by atoms with van der Waals surface area (Å²) in [5.41, 5.74) is 5.63. The highest BCUT2D eigenvalue weighted by Gasteiger charge is 2.27. The Bertz CT molecular complexity index is 480. The number of ketones is 1. The van der Waals surface area contributed by atoms with Crippen molar-refractivity contribution in [1.82, 2.24) is 0 Å². The van der Waals surface area contributed by atoms with Gasteiger partial charge in [-0.3, -0.25) is 4.79 Å². The smallest absolute Gasteiger partial charge is 0.190 e. The molecule has 0 amide bonds. The standard InChI is InChI=1S/C14H17NO2/c1-8-5-9(2)14(10(3)6-8)12-7-13(11(4)16)17-15-12/h5-6,13H,7H2,1-4H3/t13-/m1/s1. The molecule has 17 heavy (non-hydrogen) atoms. The zero-order chi connectivity index (χ0) is 12.6. The molecule has 0 saturated carbocycles. The molecule has 0 fully saturated rings. The molecular weight excluding hydrogens is 214 g/mol. The van der Waals surface area contributed by atoms with Crippen molar-refractivity contribution in [3.05, 3.63) is 34.4 Å². The fourth-order valence-corrected chi connectivity index (χ4v) is 2.38. The third kappa shape index (κ3) is 2.23. The monoisotopic (exact) mass is 231 g/mol. The zero-order valence-corrected chi connectivity index (χ0v) is 10.7. The van der Waals surface area contributed by atoms with Crippen LogP contribution in [-0.2, 0) is 9.63 Å². The predicted molar refractivity (Wildman–Crippen MR) is 67.4 cm³/mol. The minimum Gasteiger partial charge on any atom is -0.384 e. The van der Waals surface area contributed by atoms with Crippen LogP contribution in [0.4, 0.5) is 0 Å². The molecular formula is C14H17NO2. The summed E-state index contributed by atoms with van der Waals surface area (Å²) in [5, 5.41) is 4.06. The van der Waals surface area contributed by atoms with Gasteiger partial charge in [-0.1, -0.05) is 22.9 Å². The van der Waals surface area contributed by atoms with E-state index in [0.717, 1.165) is 11.3 Å². The molecule has 0 radical (unpaired) electrons. The number of carbonyl (C=O) groups excluding carboxylic acids is 1. The largest absolute Gasteiger partial charge is 0.384 e. The third-order valence-corrected chi connectivity index (χ3v) is 3.09. The Morgan fingerprint density at radius 1 is 1.29 bits per heavy atom. The topological polar surface area (TPSA) is 38.7 Å². The molecule has 3 nitrogen and oxygen atoms in total. The van der Waals surface area contributed by atoms with Crippen LogP contribution < -0.4 is 0 Å². The van der Waals surface area contributed by atoms with Crippen molar-refractivity contribution in [1.29, 1.82) is 0 Å². The van der Waals surface area contributed by atoms with E-state index in [9.17, 15) is 4.79 Å². The van der Waals surface area contributed by atoms with E-state index >= 15 is 0 Å². The van der Waals surface area contributed by atoms with Crippen LogP contribution in [0.3, 0.4) is 0 Å². The predicted octanol–water partition coefficient (Wildman–Crippen LogP) is 2.69. The lowest BCUT2D eigenvalue weighted by atomic mass is 9.93. The van der Waals surface area contributed by atoms with Gasteiger partial charge in [-0.2, -0.15) is 0 Å². The Hall–Kier alpha value is -1.64. The van der Waals surface area contributed by atoms with Crippen molar-refractivity contribution in [3.8, 4) is 0 Å². The SMILES string of the molecule is CC(=O)[C@H]1CC(c2c(C)cc(C)cc2C)=NO1. The van der Waals surface area contributed by atoms with Gasteiger partial charge in [0.05, 0.1) is 5.71 Å². The average molecular weight is 231 g/mol. The molecule has 0 saturated heterocycles. The second-order valence-corrected chi connectivity index (χ2v) is 4.72. The zero-order valence-electron chi connectivity index (χ0n) is 10.7. The van der Waals surface area contributed by atoms with E-state index < -0.39 is 6.10 Å². The Balaban J connectivity index is 2.34. The summed E-state index contributed by atoms with van der Waals surface area (Å²) in [4.78, 5) is 16.4. The Kier molecular flexibility index (Phi) is 3.01. The highest BCUT2D eigenvalue weighted by Crippen LogP contribution is 2.23. The summed E-state index contributed by atoms with van der Waals surface area (Å²) in [6.07, 6.45) is 0.185. The van der Waals surface area contributed by atoms with Crippen LogP contribution in [0.5, 0.6) is 0 Å². The molecule has 0 N–H and O–H groups in total. The quantitative estimate of drug-likeness (QED) is 0.785. The summed E-state index contributed by atoms with van der Waals surface area (Å²) in [5.74, 6) is 0.0335. The molecule has 0 unspecified atom stereocenters. The molecule has 1 aliphatic rings. The number of hydrogen-bond donors (Lipinski definition) is 0. The Morgan fingerprint density at radius 3 is 2.35 bits per heavy atom. The fraction of sp³-hybridized carbons (Fsp3) is 0.429. The number of carbonyl (C=O) groups is 1. The van der Waals surface area contributed by atoms with Gasteiger partial charge in [0.1, 0.15) is 0 Å². The molecule has 0 aliphatic carbocycles. The van der Waals surface area contributed by atoms with E-state index in [4.69, 9.17) is 4.84 Å². The van der Waals surface area contributed by atoms with Gasteiger partial charge >= 0.3 is 0 Å². The normalized spacial score (nSPS) is 18.8. The minimum atomic E-state index is -0.398. The molecule has 1 aliphatic heterocycles. The summed E-state index contributed by atoms with van der Waals surface area (Å²) < 4.78 is 0. The number of oxime groups is 1. The molecule has 3 heteroatoms. The van der Waals surface area contributed by atoms with Crippen LogP contribution in [0.25, 0.3) is 0 Å². The van der Waals surface area contributed by atoms with Gasteiger partial charge in [0.25, 0.3) is 0 Å². The first-order valence-corrected chi connectivity index (χ1v) is 5.80. The molecule has 90 valence electrons. The van der Waals surface area contributed by atoms with Crippen LogP contribution in [-0.4, -0.2) is 17.6 Å². The van der Waals surface area contributed by atoms with Crippen LogP contribution in [0.2, 0.25) is 0 Å². The molecule has 0 bridgehead atoms. The van der Waals surface area contributed by atoms with Gasteiger partial charge in [0, 0.05) is 12.0 Å². The van der Waals surface area contributed by atoms with Gasteiger partial charge in [-0.05, 0) is 38.8 Å². The number of aryl methyl sites for hydroxylation is 3. The van der Waals surface area contributed by atoms with E-state index in [1.165, 1.54) is 23.6 Å². The van der Waals surface area contributed by atoms with E-state index in [2.05, 4.69) is 38.1 Å². The van der Waals surface area contributed by atoms with Gasteiger partial charge in [0.15, 0.2) is 11.9 Å². The number of benzene rings is 1. The van der Waals surface area contributed by atoms with Crippen molar-refractivity contribution >= 4 is 11.5 Å². The number of nitrogens with zero attached hydrogens (tertiary/aromatic N) is 1. The number of rotatable bonds is 2. The first-order chi connectivity index (χ1) is 7.99. The first kappa shape index (κ1) is 11.8. The molecule has 2 rings (SSSR count). The fourth-order valence-electron chi connectivity index (χ4n) is 2.38. The minimum absolute atomic E-state index is 0.0335. The van der Waals surface area contributed by atoms with E-state index in [0.29, 0.717) is 6.42 Å².